The maximum atomic E-state index is 6.15. The number of rotatable bonds is 5. The summed E-state index contributed by atoms with van der Waals surface area (Å²) in [7, 11) is 0. The number of nitrogens with one attached hydrogen (secondary N) is 1. The Morgan fingerprint density at radius 1 is 1.12 bits per heavy atom. The first-order valence-electron chi connectivity index (χ1n) is 5.75. The molecule has 4 heteroatoms. The van der Waals surface area contributed by atoms with E-state index in [9.17, 15) is 0 Å². The van der Waals surface area contributed by atoms with Crippen LogP contribution in [0.2, 0.25) is 15.1 Å². The first-order chi connectivity index (χ1) is 7.87. The summed E-state index contributed by atoms with van der Waals surface area (Å²) >= 11 is 18.3. The first-order valence-corrected chi connectivity index (χ1v) is 6.88. The van der Waals surface area contributed by atoms with Gasteiger partial charge in [-0.05, 0) is 32.4 Å². The van der Waals surface area contributed by atoms with Gasteiger partial charge in [-0.2, -0.15) is 0 Å². The second kappa shape index (κ2) is 6.29. The summed E-state index contributed by atoms with van der Waals surface area (Å²) in [4.78, 5) is 0. The van der Waals surface area contributed by atoms with Crippen molar-refractivity contribution in [1.29, 1.82) is 0 Å². The predicted molar refractivity (Wildman–Crippen MR) is 77.3 cm³/mol. The summed E-state index contributed by atoms with van der Waals surface area (Å²) in [6.07, 6.45) is 2.24. The molecule has 96 valence electrons. The predicted octanol–water partition coefficient (Wildman–Crippen LogP) is 5.32. The highest BCUT2D eigenvalue weighted by atomic mass is 35.5. The van der Waals surface area contributed by atoms with Gasteiger partial charge in [0.1, 0.15) is 0 Å². The van der Waals surface area contributed by atoms with Crippen LogP contribution in [0.4, 0.5) is 0 Å². The molecule has 0 aliphatic heterocycles. The van der Waals surface area contributed by atoms with Crippen LogP contribution in [0.15, 0.2) is 12.1 Å². The van der Waals surface area contributed by atoms with Crippen molar-refractivity contribution in [3.63, 3.8) is 0 Å². The smallest absolute Gasteiger partial charge is 0.0652 e. The molecule has 1 aromatic rings. The van der Waals surface area contributed by atoms with Gasteiger partial charge in [-0.15, -0.1) is 0 Å². The van der Waals surface area contributed by atoms with Crippen LogP contribution >= 0.6 is 34.8 Å². The molecule has 0 aromatic heterocycles. The minimum atomic E-state index is 0.0731. The van der Waals surface area contributed by atoms with Crippen molar-refractivity contribution in [3.8, 4) is 0 Å². The van der Waals surface area contributed by atoms with E-state index in [2.05, 4.69) is 26.1 Å². The maximum absolute atomic E-state index is 6.15. The lowest BCUT2D eigenvalue weighted by atomic mass is 9.98. The Kier molecular flexibility index (Phi) is 5.59. The summed E-state index contributed by atoms with van der Waals surface area (Å²) in [5.41, 5.74) is 0.939. The van der Waals surface area contributed by atoms with Gasteiger partial charge in [-0.25, -0.2) is 0 Å². The molecule has 0 amide bonds. The van der Waals surface area contributed by atoms with E-state index in [0.29, 0.717) is 21.6 Å². The normalized spacial score (nSPS) is 11.9. The Labute approximate surface area is 118 Å². The third-order valence-electron chi connectivity index (χ3n) is 2.76. The minimum Gasteiger partial charge on any atom is -0.308 e. The average Bonchev–Trinajstić information content (AvgIpc) is 2.23. The van der Waals surface area contributed by atoms with E-state index < -0.39 is 0 Å². The molecule has 1 rings (SSSR count). The summed E-state index contributed by atoms with van der Waals surface area (Å²) in [5, 5.41) is 5.19. The molecule has 0 unspecified atom stereocenters. The monoisotopic (exact) mass is 293 g/mol. The molecule has 0 aliphatic rings. The average molecular weight is 295 g/mol. The van der Waals surface area contributed by atoms with Crippen molar-refractivity contribution in [2.24, 2.45) is 0 Å². The van der Waals surface area contributed by atoms with Crippen LogP contribution in [0.25, 0.3) is 0 Å². The highest BCUT2D eigenvalue weighted by Crippen LogP contribution is 2.31. The summed E-state index contributed by atoms with van der Waals surface area (Å²) in [5.74, 6) is 0. The van der Waals surface area contributed by atoms with Crippen LogP contribution in [0.3, 0.4) is 0 Å². The van der Waals surface area contributed by atoms with Gasteiger partial charge in [-0.3, -0.25) is 0 Å². The number of halogens is 3. The van der Waals surface area contributed by atoms with Gasteiger partial charge >= 0.3 is 0 Å². The molecular weight excluding hydrogens is 277 g/mol. The van der Waals surface area contributed by atoms with E-state index in [1.807, 2.05) is 0 Å². The molecule has 0 saturated carbocycles. The summed E-state index contributed by atoms with van der Waals surface area (Å²) < 4.78 is 0. The molecule has 0 saturated heterocycles. The van der Waals surface area contributed by atoms with E-state index >= 15 is 0 Å². The van der Waals surface area contributed by atoms with E-state index in [0.717, 1.165) is 18.4 Å². The second-order valence-corrected chi connectivity index (χ2v) is 6.00. The Morgan fingerprint density at radius 3 is 2.29 bits per heavy atom. The molecule has 0 bridgehead atoms. The molecule has 0 aliphatic carbocycles. The fourth-order valence-corrected chi connectivity index (χ4v) is 2.45. The van der Waals surface area contributed by atoms with Crippen LogP contribution in [0.5, 0.6) is 0 Å². The quantitative estimate of drug-likeness (QED) is 0.725. The fraction of sp³-hybridized carbons (Fsp3) is 0.538. The molecule has 1 N–H and O–H groups in total. The number of benzene rings is 1. The topological polar surface area (TPSA) is 12.0 Å². The molecule has 0 atom stereocenters. The zero-order chi connectivity index (χ0) is 13.1. The molecule has 0 spiro atoms. The van der Waals surface area contributed by atoms with E-state index in [1.54, 1.807) is 12.1 Å². The van der Waals surface area contributed by atoms with E-state index in [1.165, 1.54) is 0 Å². The Bertz CT molecular complexity index is 388. The number of hydrogen-bond acceptors (Lipinski definition) is 1. The first kappa shape index (κ1) is 15.1. The van der Waals surface area contributed by atoms with Crippen molar-refractivity contribution in [2.75, 3.05) is 0 Å². The molecule has 0 heterocycles. The fourth-order valence-electron chi connectivity index (χ4n) is 1.77. The molecule has 17 heavy (non-hydrogen) atoms. The molecule has 1 aromatic carbocycles. The van der Waals surface area contributed by atoms with Crippen LogP contribution in [-0.4, -0.2) is 5.54 Å². The maximum Gasteiger partial charge on any atom is 0.0652 e. The van der Waals surface area contributed by atoms with Gasteiger partial charge in [0, 0.05) is 22.7 Å². The van der Waals surface area contributed by atoms with E-state index in [4.69, 9.17) is 34.8 Å². The van der Waals surface area contributed by atoms with Crippen molar-refractivity contribution >= 4 is 34.8 Å². The largest absolute Gasteiger partial charge is 0.308 e. The minimum absolute atomic E-state index is 0.0731. The van der Waals surface area contributed by atoms with Crippen molar-refractivity contribution in [3.05, 3.63) is 32.8 Å². The lowest BCUT2D eigenvalue weighted by Crippen LogP contribution is -2.38. The van der Waals surface area contributed by atoms with Crippen molar-refractivity contribution < 1.29 is 0 Å². The van der Waals surface area contributed by atoms with Gasteiger partial charge in [0.25, 0.3) is 0 Å². The molecule has 1 nitrogen and oxygen atoms in total. The molecular formula is C13H18Cl3N. The zero-order valence-corrected chi connectivity index (χ0v) is 12.7. The van der Waals surface area contributed by atoms with Crippen molar-refractivity contribution in [1.82, 2.24) is 5.32 Å². The van der Waals surface area contributed by atoms with Crippen molar-refractivity contribution in [2.45, 2.75) is 45.7 Å². The van der Waals surface area contributed by atoms with Crippen LogP contribution in [-0.2, 0) is 6.54 Å². The van der Waals surface area contributed by atoms with Gasteiger partial charge < -0.3 is 5.32 Å². The highest BCUT2D eigenvalue weighted by Gasteiger charge is 2.17. The third kappa shape index (κ3) is 4.33. The van der Waals surface area contributed by atoms with Crippen LogP contribution in [0.1, 0.15) is 39.2 Å². The molecule has 0 radical (unpaired) electrons. The SMILES string of the molecule is CCCC(C)(C)NCc1c(Cl)ccc(Cl)c1Cl. The van der Waals surface area contributed by atoms with Crippen LogP contribution < -0.4 is 5.32 Å². The third-order valence-corrected chi connectivity index (χ3v) is 3.96. The molecule has 0 fully saturated rings. The van der Waals surface area contributed by atoms with Gasteiger partial charge in [0.15, 0.2) is 0 Å². The number of hydrogen-bond donors (Lipinski definition) is 1. The Morgan fingerprint density at radius 2 is 1.71 bits per heavy atom. The van der Waals surface area contributed by atoms with E-state index in [-0.39, 0.29) is 5.54 Å². The summed E-state index contributed by atoms with van der Waals surface area (Å²) in [6.45, 7) is 7.14. The second-order valence-electron chi connectivity index (χ2n) is 4.81. The van der Waals surface area contributed by atoms with Gasteiger partial charge in [0.2, 0.25) is 0 Å². The van der Waals surface area contributed by atoms with Gasteiger partial charge in [-0.1, -0.05) is 48.1 Å². The Hall–Kier alpha value is 0.0500. The Balaban J connectivity index is 2.79. The lowest BCUT2D eigenvalue weighted by Gasteiger charge is -2.26. The lowest BCUT2D eigenvalue weighted by molar-refractivity contribution is 0.357. The summed E-state index contributed by atoms with van der Waals surface area (Å²) in [6, 6.07) is 3.49. The standard InChI is InChI=1S/C13H18Cl3N/c1-4-7-13(2,3)17-8-9-10(14)5-6-11(15)12(9)16/h5-6,17H,4,7-8H2,1-3H3. The van der Waals surface area contributed by atoms with Gasteiger partial charge in [0.05, 0.1) is 10.0 Å². The highest BCUT2D eigenvalue weighted by molar-refractivity contribution is 6.44. The van der Waals surface area contributed by atoms with Crippen LogP contribution in [0, 0.1) is 0 Å². The zero-order valence-electron chi connectivity index (χ0n) is 10.4.